The number of nitrogen functional groups attached to an aromatic ring is 1. The molecule has 2 aliphatic heterocycles. The number of piperidine rings is 1. The van der Waals surface area contributed by atoms with Gasteiger partial charge >= 0.3 is 0 Å². The van der Waals surface area contributed by atoms with E-state index in [4.69, 9.17) is 11.5 Å². The number of halogens is 2. The third kappa shape index (κ3) is 5.19. The lowest BCUT2D eigenvalue weighted by Gasteiger charge is -2.35. The molecule has 28 heavy (non-hydrogen) atoms. The van der Waals surface area contributed by atoms with Gasteiger partial charge in [-0.3, -0.25) is 4.79 Å². The maximum Gasteiger partial charge on any atom is 0.222 e. The molecule has 0 radical (unpaired) electrons. The second-order valence-electron chi connectivity index (χ2n) is 8.14. The summed E-state index contributed by atoms with van der Waals surface area (Å²) in [5.74, 6) is 2.79. The summed E-state index contributed by atoms with van der Waals surface area (Å²) in [6.45, 7) is 3.87. The molecular formula is C19H32Cl2N6O. The maximum absolute atomic E-state index is 11.7. The number of hydrogen-bond donors (Lipinski definition) is 2. The van der Waals surface area contributed by atoms with Gasteiger partial charge in [-0.25, -0.2) is 4.98 Å². The topological polar surface area (TPSA) is 101 Å². The number of anilines is 2. The van der Waals surface area contributed by atoms with E-state index in [-0.39, 0.29) is 24.8 Å². The number of likely N-dealkylation sites (tertiary alicyclic amines) is 1. The van der Waals surface area contributed by atoms with Crippen LogP contribution in [0, 0.1) is 5.92 Å². The van der Waals surface area contributed by atoms with E-state index < -0.39 is 0 Å². The van der Waals surface area contributed by atoms with Crippen molar-refractivity contribution in [2.45, 2.75) is 56.9 Å². The predicted octanol–water partition coefficient (Wildman–Crippen LogP) is 2.34. The van der Waals surface area contributed by atoms with Crippen molar-refractivity contribution in [3.05, 3.63) is 11.8 Å². The molecule has 1 amide bonds. The fourth-order valence-electron chi connectivity index (χ4n) is 4.48. The van der Waals surface area contributed by atoms with E-state index in [0.29, 0.717) is 29.7 Å². The zero-order chi connectivity index (χ0) is 18.1. The Morgan fingerprint density at radius 3 is 2.43 bits per heavy atom. The van der Waals surface area contributed by atoms with E-state index in [9.17, 15) is 4.79 Å². The number of carbonyl (C=O) groups excluding carboxylic acids is 1. The minimum absolute atomic E-state index is 0. The van der Waals surface area contributed by atoms with Crippen molar-refractivity contribution in [1.82, 2.24) is 14.9 Å². The molecule has 0 bridgehead atoms. The Kier molecular flexibility index (Phi) is 8.16. The monoisotopic (exact) mass is 430 g/mol. The van der Waals surface area contributed by atoms with Crippen molar-refractivity contribution in [2.75, 3.05) is 36.8 Å². The molecule has 1 aliphatic carbocycles. The van der Waals surface area contributed by atoms with Gasteiger partial charge in [0.1, 0.15) is 5.82 Å². The molecule has 158 valence electrons. The zero-order valence-corrected chi connectivity index (χ0v) is 17.9. The van der Waals surface area contributed by atoms with Crippen LogP contribution in [0.5, 0.6) is 0 Å². The molecule has 0 spiro atoms. The summed E-state index contributed by atoms with van der Waals surface area (Å²) in [4.78, 5) is 25.0. The molecule has 4 rings (SSSR count). The molecule has 0 aromatic carbocycles. The van der Waals surface area contributed by atoms with Gasteiger partial charge in [0.2, 0.25) is 11.9 Å². The summed E-state index contributed by atoms with van der Waals surface area (Å²) in [6.07, 6.45) is 7.17. The van der Waals surface area contributed by atoms with Crippen molar-refractivity contribution in [1.29, 1.82) is 0 Å². The number of nitrogens with zero attached hydrogens (tertiary/aromatic N) is 4. The number of carbonyl (C=O) groups is 1. The number of nitrogens with two attached hydrogens (primary N) is 2. The Labute approximate surface area is 179 Å². The largest absolute Gasteiger partial charge is 0.368 e. The van der Waals surface area contributed by atoms with Gasteiger partial charge in [0, 0.05) is 50.6 Å². The standard InChI is InChI=1S/C19H30N6O.2ClH/c20-15-10-14(11-15)16-12-17(23-19(21)22-16)24-7-3-13(4-8-24)5-9-25-6-1-2-18(25)26;;/h12-15H,1-11,20H2,(H2,21,22,23);2*1H. The molecule has 3 heterocycles. The highest BCUT2D eigenvalue weighted by molar-refractivity contribution is 5.85. The molecule has 3 aliphatic rings. The molecule has 7 nitrogen and oxygen atoms in total. The fraction of sp³-hybridized carbons (Fsp3) is 0.737. The van der Waals surface area contributed by atoms with Crippen LogP contribution in [0.3, 0.4) is 0 Å². The van der Waals surface area contributed by atoms with Crippen LogP contribution in [0.2, 0.25) is 0 Å². The lowest BCUT2D eigenvalue weighted by atomic mass is 9.78. The van der Waals surface area contributed by atoms with Crippen LogP contribution in [0.25, 0.3) is 0 Å². The normalized spacial score (nSPS) is 25.1. The minimum atomic E-state index is 0. The quantitative estimate of drug-likeness (QED) is 0.742. The fourth-order valence-corrected chi connectivity index (χ4v) is 4.48. The van der Waals surface area contributed by atoms with Crippen LogP contribution < -0.4 is 16.4 Å². The summed E-state index contributed by atoms with van der Waals surface area (Å²) in [5.41, 5.74) is 12.9. The number of hydrogen-bond acceptors (Lipinski definition) is 6. The second-order valence-corrected chi connectivity index (χ2v) is 8.14. The van der Waals surface area contributed by atoms with Crippen molar-refractivity contribution in [2.24, 2.45) is 11.7 Å². The summed E-state index contributed by atoms with van der Waals surface area (Å²) in [5, 5.41) is 0. The molecule has 0 unspecified atom stereocenters. The number of rotatable bonds is 5. The van der Waals surface area contributed by atoms with E-state index in [0.717, 1.165) is 82.6 Å². The van der Waals surface area contributed by atoms with Crippen molar-refractivity contribution < 1.29 is 4.79 Å². The lowest BCUT2D eigenvalue weighted by molar-refractivity contribution is -0.127. The van der Waals surface area contributed by atoms with E-state index in [1.54, 1.807) is 0 Å². The molecule has 1 aromatic heterocycles. The van der Waals surface area contributed by atoms with Crippen molar-refractivity contribution >= 4 is 42.5 Å². The van der Waals surface area contributed by atoms with Gasteiger partial charge in [0.05, 0.1) is 5.69 Å². The lowest BCUT2D eigenvalue weighted by Crippen LogP contribution is -2.37. The van der Waals surface area contributed by atoms with Gasteiger partial charge in [-0.05, 0) is 44.4 Å². The molecule has 3 fully saturated rings. The zero-order valence-electron chi connectivity index (χ0n) is 16.3. The third-order valence-corrected chi connectivity index (χ3v) is 6.26. The predicted molar refractivity (Wildman–Crippen MR) is 116 cm³/mol. The third-order valence-electron chi connectivity index (χ3n) is 6.26. The summed E-state index contributed by atoms with van der Waals surface area (Å²) >= 11 is 0. The molecule has 2 saturated heterocycles. The van der Waals surface area contributed by atoms with E-state index in [2.05, 4.69) is 20.9 Å². The Morgan fingerprint density at radius 1 is 1.11 bits per heavy atom. The Morgan fingerprint density at radius 2 is 1.82 bits per heavy atom. The number of amides is 1. The van der Waals surface area contributed by atoms with Crippen molar-refractivity contribution in [3.8, 4) is 0 Å². The van der Waals surface area contributed by atoms with Gasteiger partial charge in [-0.2, -0.15) is 4.98 Å². The smallest absolute Gasteiger partial charge is 0.222 e. The van der Waals surface area contributed by atoms with Crippen LogP contribution in [-0.2, 0) is 4.79 Å². The molecule has 1 saturated carbocycles. The van der Waals surface area contributed by atoms with Crippen molar-refractivity contribution in [3.63, 3.8) is 0 Å². The average molecular weight is 431 g/mol. The first-order chi connectivity index (χ1) is 12.6. The van der Waals surface area contributed by atoms with Gasteiger partial charge in [0.25, 0.3) is 0 Å². The first kappa shape index (κ1) is 23.0. The van der Waals surface area contributed by atoms with Crippen LogP contribution in [0.4, 0.5) is 11.8 Å². The van der Waals surface area contributed by atoms with E-state index in [1.165, 1.54) is 0 Å². The molecular weight excluding hydrogens is 399 g/mol. The Bertz CT molecular complexity index is 662. The second kappa shape index (κ2) is 9.94. The van der Waals surface area contributed by atoms with Gasteiger partial charge in [-0.1, -0.05) is 0 Å². The SMILES string of the molecule is Cl.Cl.Nc1nc(C2CC(N)C2)cc(N2CCC(CCN3CCCC3=O)CC2)n1. The summed E-state index contributed by atoms with van der Waals surface area (Å²) in [7, 11) is 0. The summed E-state index contributed by atoms with van der Waals surface area (Å²) in [6, 6.07) is 2.41. The first-order valence-electron chi connectivity index (χ1n) is 10.0. The average Bonchev–Trinajstić information content (AvgIpc) is 3.02. The van der Waals surface area contributed by atoms with E-state index in [1.807, 2.05) is 4.90 Å². The van der Waals surface area contributed by atoms with Gasteiger partial charge in [0.15, 0.2) is 0 Å². The van der Waals surface area contributed by atoms with Crippen LogP contribution >= 0.6 is 24.8 Å². The summed E-state index contributed by atoms with van der Waals surface area (Å²) < 4.78 is 0. The Hall–Kier alpha value is -1.31. The first-order valence-corrected chi connectivity index (χ1v) is 10.0. The molecule has 4 N–H and O–H groups in total. The van der Waals surface area contributed by atoms with Gasteiger partial charge < -0.3 is 21.3 Å². The molecule has 1 aromatic rings. The molecule has 0 atom stereocenters. The maximum atomic E-state index is 11.7. The Balaban J connectivity index is 0.00000140. The van der Waals surface area contributed by atoms with Crippen LogP contribution in [0.15, 0.2) is 6.07 Å². The highest BCUT2D eigenvalue weighted by Crippen LogP contribution is 2.36. The van der Waals surface area contributed by atoms with Crippen LogP contribution in [-0.4, -0.2) is 53.0 Å². The highest BCUT2D eigenvalue weighted by Gasteiger charge is 2.30. The highest BCUT2D eigenvalue weighted by atomic mass is 35.5. The number of aromatic nitrogens is 2. The minimum Gasteiger partial charge on any atom is -0.368 e. The van der Waals surface area contributed by atoms with E-state index >= 15 is 0 Å². The van der Waals surface area contributed by atoms with Gasteiger partial charge in [-0.15, -0.1) is 24.8 Å². The molecule has 9 heteroatoms. The van der Waals surface area contributed by atoms with Crippen LogP contribution in [0.1, 0.15) is 56.6 Å².